The van der Waals surface area contributed by atoms with Crippen LogP contribution in [0.4, 0.5) is 13.2 Å². The van der Waals surface area contributed by atoms with Gasteiger partial charge in [0.05, 0.1) is 5.69 Å². The third-order valence-corrected chi connectivity index (χ3v) is 5.04. The summed E-state index contributed by atoms with van der Waals surface area (Å²) in [5, 5.41) is 1.06. The van der Waals surface area contributed by atoms with E-state index in [0.717, 1.165) is 20.9 Å². The normalized spacial score (nSPS) is 15.4. The Morgan fingerprint density at radius 3 is 2.88 bits per heavy atom. The molecule has 2 N–H and O–H groups in total. The second-order valence-electron chi connectivity index (χ2n) is 6.30. The monoisotopic (exact) mass is 426 g/mol. The lowest BCUT2D eigenvalue weighted by molar-refractivity contribution is -0.145. The molecule has 0 bridgehead atoms. The van der Waals surface area contributed by atoms with Gasteiger partial charge in [-0.2, -0.15) is 13.2 Å². The second kappa shape index (κ2) is 6.24. The Hall–Kier alpha value is -2.13. The Balaban J connectivity index is 1.63. The summed E-state index contributed by atoms with van der Waals surface area (Å²) in [5.41, 5.74) is 1.89. The molecule has 3 aromatic rings. The van der Waals surface area contributed by atoms with Crippen molar-refractivity contribution in [3.63, 3.8) is 0 Å². The number of benzene rings is 1. The van der Waals surface area contributed by atoms with Crippen molar-refractivity contribution in [2.24, 2.45) is 0 Å². The number of fused-ring (bicyclic) bond motifs is 2. The lowest BCUT2D eigenvalue weighted by Gasteiger charge is -2.27. The molecule has 0 saturated carbocycles. The fraction of sp³-hybridized carbons (Fsp3) is 0.294. The van der Waals surface area contributed by atoms with Crippen LogP contribution in [-0.4, -0.2) is 26.4 Å². The average Bonchev–Trinajstić information content (AvgIpc) is 2.96. The van der Waals surface area contributed by atoms with Crippen molar-refractivity contribution in [2.75, 3.05) is 6.54 Å². The van der Waals surface area contributed by atoms with Crippen LogP contribution < -0.4 is 5.56 Å². The predicted molar refractivity (Wildman–Crippen MR) is 93.7 cm³/mol. The van der Waals surface area contributed by atoms with Crippen molar-refractivity contribution >= 4 is 26.8 Å². The molecule has 0 radical (unpaired) electrons. The number of H-pyrrole nitrogens is 2. The Kier molecular flexibility index (Phi) is 4.15. The molecule has 0 unspecified atom stereocenters. The van der Waals surface area contributed by atoms with Crippen LogP contribution in [0.25, 0.3) is 10.9 Å². The molecule has 2 aromatic heterocycles. The zero-order valence-corrected chi connectivity index (χ0v) is 15.0. The molecule has 0 atom stereocenters. The molecule has 1 aliphatic rings. The van der Waals surface area contributed by atoms with Gasteiger partial charge >= 0.3 is 6.18 Å². The van der Waals surface area contributed by atoms with E-state index in [1.807, 2.05) is 34.3 Å². The van der Waals surface area contributed by atoms with Gasteiger partial charge < -0.3 is 9.97 Å². The van der Waals surface area contributed by atoms with E-state index in [9.17, 15) is 18.0 Å². The quantitative estimate of drug-likeness (QED) is 0.657. The largest absolute Gasteiger partial charge is 0.449 e. The standard InChI is InChI=1S/C17H14BrF3N4O/c18-10-1-2-13-12(5-10)9(6-22-13)7-25-4-3-11-14(8-25)23-16(17(19,20)21)24-15(11)26/h1-2,5-6,22H,3-4,7-8H2,(H,23,24,26). The van der Waals surface area contributed by atoms with Gasteiger partial charge in [0.25, 0.3) is 5.56 Å². The second-order valence-corrected chi connectivity index (χ2v) is 7.22. The maximum atomic E-state index is 12.9. The minimum absolute atomic E-state index is 0.202. The smallest absolute Gasteiger partial charge is 0.361 e. The van der Waals surface area contributed by atoms with Gasteiger partial charge in [0.2, 0.25) is 5.82 Å². The van der Waals surface area contributed by atoms with Crippen molar-refractivity contribution in [2.45, 2.75) is 25.7 Å². The molecule has 1 aliphatic heterocycles. The molecule has 3 heterocycles. The zero-order valence-electron chi connectivity index (χ0n) is 13.5. The van der Waals surface area contributed by atoms with Crippen LogP contribution in [0.5, 0.6) is 0 Å². The molecule has 0 fully saturated rings. The number of rotatable bonds is 2. The van der Waals surface area contributed by atoms with E-state index >= 15 is 0 Å². The first-order valence-electron chi connectivity index (χ1n) is 7.98. The summed E-state index contributed by atoms with van der Waals surface area (Å²) < 4.78 is 39.6. The molecule has 0 aliphatic carbocycles. The molecule has 0 amide bonds. The summed E-state index contributed by atoms with van der Waals surface area (Å²) in [5.74, 6) is -1.24. The molecular formula is C17H14BrF3N4O. The van der Waals surface area contributed by atoms with Gasteiger partial charge in [-0.3, -0.25) is 9.69 Å². The number of nitrogens with one attached hydrogen (secondary N) is 2. The minimum Gasteiger partial charge on any atom is -0.361 e. The van der Waals surface area contributed by atoms with Crippen LogP contribution in [0.2, 0.25) is 0 Å². The average molecular weight is 427 g/mol. The number of aromatic nitrogens is 3. The maximum absolute atomic E-state index is 12.9. The van der Waals surface area contributed by atoms with Gasteiger partial charge in [0, 0.05) is 46.8 Å². The first-order valence-corrected chi connectivity index (χ1v) is 8.77. The number of nitrogens with zero attached hydrogens (tertiary/aromatic N) is 2. The number of halogens is 4. The van der Waals surface area contributed by atoms with E-state index in [2.05, 4.69) is 25.9 Å². The van der Waals surface area contributed by atoms with Crippen LogP contribution in [0, 0.1) is 0 Å². The van der Waals surface area contributed by atoms with E-state index in [1.54, 1.807) is 0 Å². The summed E-state index contributed by atoms with van der Waals surface area (Å²) in [6, 6.07) is 5.91. The highest BCUT2D eigenvalue weighted by Gasteiger charge is 2.36. The van der Waals surface area contributed by atoms with Gasteiger partial charge in [-0.1, -0.05) is 15.9 Å². The third kappa shape index (κ3) is 3.16. The zero-order chi connectivity index (χ0) is 18.5. The van der Waals surface area contributed by atoms with Crippen LogP contribution >= 0.6 is 15.9 Å². The van der Waals surface area contributed by atoms with Gasteiger partial charge in [-0.15, -0.1) is 0 Å². The molecule has 136 valence electrons. The summed E-state index contributed by atoms with van der Waals surface area (Å²) in [6.07, 6.45) is -2.39. The molecule has 5 nitrogen and oxygen atoms in total. The number of hydrogen-bond donors (Lipinski definition) is 2. The molecule has 1 aromatic carbocycles. The highest BCUT2D eigenvalue weighted by atomic mass is 79.9. The summed E-state index contributed by atoms with van der Waals surface area (Å²) in [7, 11) is 0. The SMILES string of the molecule is O=c1[nH]c(C(F)(F)F)nc2c1CCN(Cc1c[nH]c3ccc(Br)cc13)C2. The van der Waals surface area contributed by atoms with E-state index in [4.69, 9.17) is 0 Å². The van der Waals surface area contributed by atoms with E-state index in [1.165, 1.54) is 0 Å². The third-order valence-electron chi connectivity index (χ3n) is 4.54. The molecule has 0 saturated heterocycles. The van der Waals surface area contributed by atoms with E-state index in [0.29, 0.717) is 25.1 Å². The van der Waals surface area contributed by atoms with Crippen LogP contribution in [0.15, 0.2) is 33.7 Å². The highest BCUT2D eigenvalue weighted by molar-refractivity contribution is 9.10. The van der Waals surface area contributed by atoms with E-state index in [-0.39, 0.29) is 12.2 Å². The Bertz CT molecular complexity index is 1040. The fourth-order valence-electron chi connectivity index (χ4n) is 3.29. The van der Waals surface area contributed by atoms with Crippen LogP contribution in [0.1, 0.15) is 22.6 Å². The van der Waals surface area contributed by atoms with Gasteiger partial charge in [0.1, 0.15) is 0 Å². The first kappa shape index (κ1) is 17.3. The molecule has 0 spiro atoms. The lowest BCUT2D eigenvalue weighted by Crippen LogP contribution is -2.36. The van der Waals surface area contributed by atoms with Crippen molar-refractivity contribution in [3.8, 4) is 0 Å². The van der Waals surface area contributed by atoms with Gasteiger partial charge in [0.15, 0.2) is 0 Å². The summed E-state index contributed by atoms with van der Waals surface area (Å²) >= 11 is 3.45. The topological polar surface area (TPSA) is 64.8 Å². The number of alkyl halides is 3. The Labute approximate surface area is 154 Å². The summed E-state index contributed by atoms with van der Waals surface area (Å²) in [6.45, 7) is 1.36. The summed E-state index contributed by atoms with van der Waals surface area (Å²) in [4.78, 5) is 22.6. The molecular weight excluding hydrogens is 413 g/mol. The number of hydrogen-bond acceptors (Lipinski definition) is 3. The van der Waals surface area contributed by atoms with Crippen molar-refractivity contribution in [3.05, 3.63) is 61.9 Å². The molecule has 4 rings (SSSR count). The van der Waals surface area contributed by atoms with Gasteiger partial charge in [-0.05, 0) is 30.2 Å². The maximum Gasteiger partial charge on any atom is 0.449 e. The van der Waals surface area contributed by atoms with Crippen LogP contribution in [0.3, 0.4) is 0 Å². The van der Waals surface area contributed by atoms with Crippen LogP contribution in [-0.2, 0) is 25.7 Å². The molecule has 26 heavy (non-hydrogen) atoms. The predicted octanol–water partition coefficient (Wildman–Crippen LogP) is 3.59. The Morgan fingerprint density at radius 1 is 1.31 bits per heavy atom. The molecule has 9 heteroatoms. The van der Waals surface area contributed by atoms with Gasteiger partial charge in [-0.25, -0.2) is 4.98 Å². The lowest BCUT2D eigenvalue weighted by atomic mass is 10.1. The Morgan fingerprint density at radius 2 is 2.12 bits per heavy atom. The van der Waals surface area contributed by atoms with Crippen molar-refractivity contribution in [1.29, 1.82) is 0 Å². The van der Waals surface area contributed by atoms with E-state index < -0.39 is 17.6 Å². The minimum atomic E-state index is -4.67. The highest BCUT2D eigenvalue weighted by Crippen LogP contribution is 2.28. The fourth-order valence-corrected chi connectivity index (χ4v) is 3.65. The van der Waals surface area contributed by atoms with Crippen molar-refractivity contribution in [1.82, 2.24) is 19.9 Å². The van der Waals surface area contributed by atoms with Crippen molar-refractivity contribution < 1.29 is 13.2 Å². The number of aromatic amines is 2. The first-order chi connectivity index (χ1) is 12.3.